The summed E-state index contributed by atoms with van der Waals surface area (Å²) in [6.45, 7) is 2.21. The molecule has 0 fully saturated rings. The number of pyridine rings is 1. The zero-order valence-electron chi connectivity index (χ0n) is 12.6. The Hall–Kier alpha value is -2.82. The van der Waals surface area contributed by atoms with Gasteiger partial charge in [0.1, 0.15) is 5.82 Å². The summed E-state index contributed by atoms with van der Waals surface area (Å²) in [4.78, 5) is 21.4. The number of hydrogen-bond acceptors (Lipinski definition) is 3. The van der Waals surface area contributed by atoms with Gasteiger partial charge in [0.2, 0.25) is 5.91 Å². The molecule has 0 atom stereocenters. The molecule has 2 N–H and O–H groups in total. The molecule has 22 heavy (non-hydrogen) atoms. The number of aromatic nitrogens is 2. The van der Waals surface area contributed by atoms with Gasteiger partial charge in [0, 0.05) is 24.1 Å². The SMILES string of the molecule is Cc1ccncc1NC(=O)CN(C)c1cc2ccccc2[nH]1. The number of rotatable bonds is 4. The smallest absolute Gasteiger partial charge is 0.243 e. The van der Waals surface area contributed by atoms with Gasteiger partial charge in [0.15, 0.2) is 0 Å². The molecule has 0 saturated carbocycles. The van der Waals surface area contributed by atoms with Crippen LogP contribution >= 0.6 is 0 Å². The first-order valence-corrected chi connectivity index (χ1v) is 7.13. The number of H-pyrrole nitrogens is 1. The van der Waals surface area contributed by atoms with Gasteiger partial charge in [-0.25, -0.2) is 0 Å². The highest BCUT2D eigenvalue weighted by atomic mass is 16.2. The Balaban J connectivity index is 1.69. The second kappa shape index (κ2) is 5.89. The Morgan fingerprint density at radius 3 is 2.91 bits per heavy atom. The van der Waals surface area contributed by atoms with Crippen LogP contribution in [0.4, 0.5) is 11.5 Å². The van der Waals surface area contributed by atoms with Crippen molar-refractivity contribution in [2.24, 2.45) is 0 Å². The summed E-state index contributed by atoms with van der Waals surface area (Å²) in [5.41, 5.74) is 2.81. The Morgan fingerprint density at radius 2 is 2.14 bits per heavy atom. The number of para-hydroxylation sites is 1. The lowest BCUT2D eigenvalue weighted by Gasteiger charge is -2.17. The molecule has 0 radical (unpaired) electrons. The van der Waals surface area contributed by atoms with Crippen LogP contribution in [0.1, 0.15) is 5.56 Å². The van der Waals surface area contributed by atoms with E-state index in [1.807, 2.05) is 55.3 Å². The first-order chi connectivity index (χ1) is 10.6. The van der Waals surface area contributed by atoms with E-state index in [0.717, 1.165) is 28.0 Å². The maximum Gasteiger partial charge on any atom is 0.243 e. The number of likely N-dealkylation sites (N-methyl/N-ethyl adjacent to an activating group) is 1. The summed E-state index contributed by atoms with van der Waals surface area (Å²) >= 11 is 0. The minimum atomic E-state index is -0.0720. The molecule has 2 aromatic heterocycles. The highest BCUT2D eigenvalue weighted by Gasteiger charge is 2.11. The number of carbonyl (C=O) groups excluding carboxylic acids is 1. The number of benzene rings is 1. The zero-order valence-corrected chi connectivity index (χ0v) is 12.6. The van der Waals surface area contributed by atoms with Crippen LogP contribution in [0.3, 0.4) is 0 Å². The number of nitrogens with zero attached hydrogens (tertiary/aromatic N) is 2. The van der Waals surface area contributed by atoms with Crippen molar-refractivity contribution in [2.45, 2.75) is 6.92 Å². The number of fused-ring (bicyclic) bond motifs is 1. The lowest BCUT2D eigenvalue weighted by molar-refractivity contribution is -0.114. The number of amides is 1. The van der Waals surface area contributed by atoms with Crippen LogP contribution in [0.2, 0.25) is 0 Å². The van der Waals surface area contributed by atoms with E-state index < -0.39 is 0 Å². The number of aryl methyl sites for hydroxylation is 1. The molecule has 0 saturated heterocycles. The molecular formula is C17H18N4O. The van der Waals surface area contributed by atoms with E-state index >= 15 is 0 Å². The van der Waals surface area contributed by atoms with Crippen molar-refractivity contribution in [1.29, 1.82) is 0 Å². The lowest BCUT2D eigenvalue weighted by atomic mass is 10.2. The molecule has 0 bridgehead atoms. The molecule has 3 aromatic rings. The van der Waals surface area contributed by atoms with Crippen molar-refractivity contribution in [3.8, 4) is 0 Å². The van der Waals surface area contributed by atoms with Crippen molar-refractivity contribution in [3.05, 3.63) is 54.4 Å². The van der Waals surface area contributed by atoms with Gasteiger partial charge in [-0.3, -0.25) is 9.78 Å². The van der Waals surface area contributed by atoms with E-state index in [1.165, 1.54) is 0 Å². The predicted molar refractivity (Wildman–Crippen MR) is 89.2 cm³/mol. The first kappa shape index (κ1) is 14.1. The van der Waals surface area contributed by atoms with Gasteiger partial charge in [-0.05, 0) is 30.7 Å². The second-order valence-electron chi connectivity index (χ2n) is 5.34. The molecule has 0 spiro atoms. The maximum absolute atomic E-state index is 12.2. The van der Waals surface area contributed by atoms with Crippen LogP contribution in [-0.4, -0.2) is 29.5 Å². The van der Waals surface area contributed by atoms with Gasteiger partial charge < -0.3 is 15.2 Å². The highest BCUT2D eigenvalue weighted by molar-refractivity contribution is 5.95. The van der Waals surface area contributed by atoms with E-state index in [2.05, 4.69) is 15.3 Å². The summed E-state index contributed by atoms with van der Waals surface area (Å²) in [6, 6.07) is 12.0. The minimum Gasteiger partial charge on any atom is -0.352 e. The first-order valence-electron chi connectivity index (χ1n) is 7.13. The topological polar surface area (TPSA) is 61.0 Å². The Morgan fingerprint density at radius 1 is 1.32 bits per heavy atom. The van der Waals surface area contributed by atoms with E-state index in [9.17, 15) is 4.79 Å². The summed E-state index contributed by atoms with van der Waals surface area (Å²) in [6.07, 6.45) is 3.37. The van der Waals surface area contributed by atoms with Crippen LogP contribution in [0.5, 0.6) is 0 Å². The van der Waals surface area contributed by atoms with E-state index in [-0.39, 0.29) is 12.5 Å². The van der Waals surface area contributed by atoms with Gasteiger partial charge in [0.05, 0.1) is 18.4 Å². The summed E-state index contributed by atoms with van der Waals surface area (Å²) in [5.74, 6) is 0.844. The molecule has 1 aromatic carbocycles. The fourth-order valence-corrected chi connectivity index (χ4v) is 2.35. The number of aromatic amines is 1. The largest absolute Gasteiger partial charge is 0.352 e. The fourth-order valence-electron chi connectivity index (χ4n) is 2.35. The molecule has 1 amide bonds. The highest BCUT2D eigenvalue weighted by Crippen LogP contribution is 2.20. The average molecular weight is 294 g/mol. The minimum absolute atomic E-state index is 0.0720. The molecule has 0 aliphatic rings. The number of hydrogen-bond donors (Lipinski definition) is 2. The normalized spacial score (nSPS) is 10.6. The Bertz CT molecular complexity index is 776. The summed E-state index contributed by atoms with van der Waals surface area (Å²) in [7, 11) is 1.89. The molecule has 5 nitrogen and oxygen atoms in total. The molecule has 3 rings (SSSR count). The third-order valence-corrected chi connectivity index (χ3v) is 3.62. The fraction of sp³-hybridized carbons (Fsp3) is 0.176. The van der Waals surface area contributed by atoms with Crippen molar-refractivity contribution >= 4 is 28.3 Å². The van der Waals surface area contributed by atoms with Gasteiger partial charge >= 0.3 is 0 Å². The van der Waals surface area contributed by atoms with Crippen LogP contribution in [0.15, 0.2) is 48.8 Å². The molecule has 0 aliphatic heterocycles. The van der Waals surface area contributed by atoms with Crippen LogP contribution in [-0.2, 0) is 4.79 Å². The van der Waals surface area contributed by atoms with Crippen LogP contribution in [0.25, 0.3) is 10.9 Å². The second-order valence-corrected chi connectivity index (χ2v) is 5.34. The predicted octanol–water partition coefficient (Wildman–Crippen LogP) is 2.95. The molecule has 0 aliphatic carbocycles. The van der Waals surface area contributed by atoms with Gasteiger partial charge in [-0.15, -0.1) is 0 Å². The third kappa shape index (κ3) is 2.93. The number of anilines is 2. The van der Waals surface area contributed by atoms with E-state index in [0.29, 0.717) is 0 Å². The average Bonchev–Trinajstić information content (AvgIpc) is 2.93. The van der Waals surface area contributed by atoms with Crippen molar-refractivity contribution in [1.82, 2.24) is 9.97 Å². The van der Waals surface area contributed by atoms with Gasteiger partial charge in [-0.1, -0.05) is 18.2 Å². The van der Waals surface area contributed by atoms with Crippen molar-refractivity contribution in [2.75, 3.05) is 23.8 Å². The van der Waals surface area contributed by atoms with E-state index in [4.69, 9.17) is 0 Å². The molecular weight excluding hydrogens is 276 g/mol. The van der Waals surface area contributed by atoms with Gasteiger partial charge in [0.25, 0.3) is 0 Å². The molecule has 5 heteroatoms. The Labute approximate surface area is 129 Å². The standard InChI is InChI=1S/C17H18N4O/c1-12-7-8-18-10-15(12)20-17(22)11-21(2)16-9-13-5-3-4-6-14(13)19-16/h3-10,19H,11H2,1-2H3,(H,20,22). The van der Waals surface area contributed by atoms with Crippen LogP contribution in [0, 0.1) is 6.92 Å². The summed E-state index contributed by atoms with van der Waals surface area (Å²) < 4.78 is 0. The van der Waals surface area contributed by atoms with E-state index in [1.54, 1.807) is 12.4 Å². The quantitative estimate of drug-likeness (QED) is 0.777. The third-order valence-electron chi connectivity index (χ3n) is 3.62. The van der Waals surface area contributed by atoms with Gasteiger partial charge in [-0.2, -0.15) is 0 Å². The van der Waals surface area contributed by atoms with Crippen molar-refractivity contribution in [3.63, 3.8) is 0 Å². The maximum atomic E-state index is 12.2. The monoisotopic (exact) mass is 294 g/mol. The summed E-state index contributed by atoms with van der Waals surface area (Å²) in [5, 5.41) is 4.02. The van der Waals surface area contributed by atoms with Crippen molar-refractivity contribution < 1.29 is 4.79 Å². The number of carbonyl (C=O) groups is 1. The lowest BCUT2D eigenvalue weighted by Crippen LogP contribution is -2.30. The molecule has 112 valence electrons. The van der Waals surface area contributed by atoms with Crippen LogP contribution < -0.4 is 10.2 Å². The Kier molecular flexibility index (Phi) is 3.78. The number of nitrogens with one attached hydrogen (secondary N) is 2. The molecule has 0 unspecified atom stereocenters. The zero-order chi connectivity index (χ0) is 15.5. The molecule has 2 heterocycles.